The van der Waals surface area contributed by atoms with Crippen LogP contribution in [0.1, 0.15) is 24.0 Å². The maximum absolute atomic E-state index is 12.7. The summed E-state index contributed by atoms with van der Waals surface area (Å²) in [4.78, 5) is 41.5. The normalized spacial score (nSPS) is 18.7. The number of aryl methyl sites for hydroxylation is 1. The van der Waals surface area contributed by atoms with Crippen molar-refractivity contribution >= 4 is 18.2 Å². The van der Waals surface area contributed by atoms with Crippen LogP contribution in [0.2, 0.25) is 0 Å². The van der Waals surface area contributed by atoms with Crippen molar-refractivity contribution in [3.63, 3.8) is 0 Å². The van der Waals surface area contributed by atoms with E-state index in [-0.39, 0.29) is 17.7 Å². The van der Waals surface area contributed by atoms with Crippen molar-refractivity contribution in [1.29, 1.82) is 0 Å². The van der Waals surface area contributed by atoms with E-state index in [2.05, 4.69) is 0 Å². The third-order valence-corrected chi connectivity index (χ3v) is 5.57. The third kappa shape index (κ3) is 4.23. The van der Waals surface area contributed by atoms with Crippen LogP contribution in [0.3, 0.4) is 0 Å². The third-order valence-electron chi connectivity index (χ3n) is 5.57. The molecule has 26 heavy (non-hydrogen) atoms. The summed E-state index contributed by atoms with van der Waals surface area (Å²) in [6, 6.07) is 7.97. The number of nitrogens with zero attached hydrogens (tertiary/aromatic N) is 3. The number of rotatable bonds is 4. The van der Waals surface area contributed by atoms with Gasteiger partial charge in [0.1, 0.15) is 0 Å². The molecule has 3 amide bonds. The molecular weight excluding hydrogens is 330 g/mol. The number of benzene rings is 1. The second-order valence-corrected chi connectivity index (χ2v) is 7.22. The Kier molecular flexibility index (Phi) is 5.91. The number of carbonyl (C=O) groups is 3. The molecule has 0 saturated carbocycles. The molecule has 0 atom stereocenters. The maximum atomic E-state index is 12.7. The van der Waals surface area contributed by atoms with Gasteiger partial charge in [0.05, 0.1) is 6.42 Å². The van der Waals surface area contributed by atoms with E-state index in [1.54, 1.807) is 4.90 Å². The van der Waals surface area contributed by atoms with Gasteiger partial charge in [-0.3, -0.25) is 14.4 Å². The van der Waals surface area contributed by atoms with E-state index >= 15 is 0 Å². The van der Waals surface area contributed by atoms with Crippen LogP contribution in [0.15, 0.2) is 24.3 Å². The van der Waals surface area contributed by atoms with E-state index in [0.29, 0.717) is 45.7 Å². The second-order valence-electron chi connectivity index (χ2n) is 7.22. The number of hydrogen-bond donors (Lipinski definition) is 0. The van der Waals surface area contributed by atoms with Crippen LogP contribution in [0.4, 0.5) is 0 Å². The minimum Gasteiger partial charge on any atom is -0.342 e. The first-order valence-electron chi connectivity index (χ1n) is 9.39. The second kappa shape index (κ2) is 8.34. The van der Waals surface area contributed by atoms with E-state index in [0.717, 1.165) is 30.4 Å². The van der Waals surface area contributed by atoms with Gasteiger partial charge in [-0.25, -0.2) is 0 Å². The fourth-order valence-electron chi connectivity index (χ4n) is 3.76. The van der Waals surface area contributed by atoms with Crippen molar-refractivity contribution in [2.75, 3.05) is 39.3 Å². The Labute approximate surface area is 154 Å². The van der Waals surface area contributed by atoms with Gasteiger partial charge in [-0.2, -0.15) is 0 Å². The van der Waals surface area contributed by atoms with Crippen LogP contribution in [0, 0.1) is 12.8 Å². The molecule has 2 aliphatic heterocycles. The highest BCUT2D eigenvalue weighted by molar-refractivity contribution is 5.81. The molecule has 0 aromatic heterocycles. The highest BCUT2D eigenvalue weighted by Crippen LogP contribution is 2.21. The number of likely N-dealkylation sites (tertiary alicyclic amines) is 1. The predicted octanol–water partition coefficient (Wildman–Crippen LogP) is 1.08. The molecule has 140 valence electrons. The molecule has 3 rings (SSSR count). The van der Waals surface area contributed by atoms with Crippen LogP contribution < -0.4 is 0 Å². The van der Waals surface area contributed by atoms with Gasteiger partial charge >= 0.3 is 0 Å². The molecule has 0 aliphatic carbocycles. The fourth-order valence-corrected chi connectivity index (χ4v) is 3.76. The number of piperazine rings is 1. The summed E-state index contributed by atoms with van der Waals surface area (Å²) in [5.41, 5.74) is 2.21. The van der Waals surface area contributed by atoms with Gasteiger partial charge in [0.25, 0.3) is 0 Å². The summed E-state index contributed by atoms with van der Waals surface area (Å²) in [5, 5.41) is 0. The average Bonchev–Trinajstić information content (AvgIpc) is 2.69. The summed E-state index contributed by atoms with van der Waals surface area (Å²) in [5.74, 6) is 0.326. The molecule has 1 aromatic carbocycles. The zero-order valence-electron chi connectivity index (χ0n) is 15.4. The largest absolute Gasteiger partial charge is 0.342 e. The van der Waals surface area contributed by atoms with Crippen molar-refractivity contribution < 1.29 is 14.4 Å². The molecule has 6 nitrogen and oxygen atoms in total. The van der Waals surface area contributed by atoms with Gasteiger partial charge in [0, 0.05) is 45.2 Å². The monoisotopic (exact) mass is 357 g/mol. The van der Waals surface area contributed by atoms with Crippen LogP contribution in [0.5, 0.6) is 0 Å². The standard InChI is InChI=1S/C20H27N3O3/c1-16-4-2-3-5-18(16)14-19(25)22-8-6-17(7-9-22)20(26)23-12-10-21(15-24)11-13-23/h2-5,15,17H,6-14H2,1H3. The summed E-state index contributed by atoms with van der Waals surface area (Å²) in [6.45, 7) is 5.78. The summed E-state index contributed by atoms with van der Waals surface area (Å²) in [7, 11) is 0. The number of amides is 3. The number of hydrogen-bond acceptors (Lipinski definition) is 3. The Hall–Kier alpha value is -2.37. The molecule has 2 aliphatic rings. The average molecular weight is 357 g/mol. The lowest BCUT2D eigenvalue weighted by atomic mass is 9.94. The minimum absolute atomic E-state index is 0.000271. The molecular formula is C20H27N3O3. The smallest absolute Gasteiger partial charge is 0.226 e. The van der Waals surface area contributed by atoms with Crippen molar-refractivity contribution in [2.24, 2.45) is 5.92 Å². The molecule has 0 unspecified atom stereocenters. The van der Waals surface area contributed by atoms with Gasteiger partial charge in [-0.15, -0.1) is 0 Å². The molecule has 2 fully saturated rings. The lowest BCUT2D eigenvalue weighted by molar-refractivity contribution is -0.142. The molecule has 2 heterocycles. The molecule has 0 spiro atoms. The Morgan fingerprint density at radius 2 is 1.65 bits per heavy atom. The molecule has 2 saturated heterocycles. The van der Waals surface area contributed by atoms with Crippen molar-refractivity contribution in [3.8, 4) is 0 Å². The van der Waals surface area contributed by atoms with Crippen molar-refractivity contribution in [1.82, 2.24) is 14.7 Å². The Morgan fingerprint density at radius 3 is 2.27 bits per heavy atom. The molecule has 0 bridgehead atoms. The Morgan fingerprint density at radius 1 is 1.00 bits per heavy atom. The van der Waals surface area contributed by atoms with E-state index in [4.69, 9.17) is 0 Å². The van der Waals surface area contributed by atoms with Crippen molar-refractivity contribution in [3.05, 3.63) is 35.4 Å². The van der Waals surface area contributed by atoms with Crippen LogP contribution >= 0.6 is 0 Å². The number of carbonyl (C=O) groups excluding carboxylic acids is 3. The Balaban J connectivity index is 1.48. The fraction of sp³-hybridized carbons (Fsp3) is 0.550. The van der Waals surface area contributed by atoms with Crippen molar-refractivity contribution in [2.45, 2.75) is 26.2 Å². The molecule has 0 radical (unpaired) electrons. The van der Waals surface area contributed by atoms with Gasteiger partial charge in [-0.05, 0) is 30.9 Å². The van der Waals surface area contributed by atoms with E-state index in [1.165, 1.54) is 0 Å². The maximum Gasteiger partial charge on any atom is 0.226 e. The van der Waals surface area contributed by atoms with Crippen LogP contribution in [0.25, 0.3) is 0 Å². The summed E-state index contributed by atoms with van der Waals surface area (Å²) >= 11 is 0. The highest BCUT2D eigenvalue weighted by atomic mass is 16.2. The predicted molar refractivity (Wildman–Crippen MR) is 98.4 cm³/mol. The lowest BCUT2D eigenvalue weighted by Crippen LogP contribution is -2.51. The quantitative estimate of drug-likeness (QED) is 0.758. The lowest BCUT2D eigenvalue weighted by Gasteiger charge is -2.37. The minimum atomic E-state index is 0.000271. The first-order chi connectivity index (χ1) is 12.6. The zero-order chi connectivity index (χ0) is 18.5. The van der Waals surface area contributed by atoms with E-state index in [1.807, 2.05) is 41.0 Å². The van der Waals surface area contributed by atoms with Gasteiger partial charge in [0.2, 0.25) is 18.2 Å². The topological polar surface area (TPSA) is 60.9 Å². The summed E-state index contributed by atoms with van der Waals surface area (Å²) < 4.78 is 0. The first-order valence-corrected chi connectivity index (χ1v) is 9.39. The summed E-state index contributed by atoms with van der Waals surface area (Å²) in [6.07, 6.45) is 2.73. The van der Waals surface area contributed by atoms with E-state index in [9.17, 15) is 14.4 Å². The zero-order valence-corrected chi connectivity index (χ0v) is 15.4. The number of piperidine rings is 1. The Bertz CT molecular complexity index is 660. The molecule has 0 N–H and O–H groups in total. The molecule has 1 aromatic rings. The molecule has 6 heteroatoms. The van der Waals surface area contributed by atoms with Crippen LogP contribution in [-0.2, 0) is 20.8 Å². The van der Waals surface area contributed by atoms with Gasteiger partial charge < -0.3 is 14.7 Å². The van der Waals surface area contributed by atoms with Gasteiger partial charge in [-0.1, -0.05) is 24.3 Å². The van der Waals surface area contributed by atoms with Gasteiger partial charge in [0.15, 0.2) is 0 Å². The highest BCUT2D eigenvalue weighted by Gasteiger charge is 2.31. The van der Waals surface area contributed by atoms with E-state index < -0.39 is 0 Å². The first kappa shape index (κ1) is 18.4. The SMILES string of the molecule is Cc1ccccc1CC(=O)N1CCC(C(=O)N2CCN(C=O)CC2)CC1. The van der Waals surface area contributed by atoms with Crippen LogP contribution in [-0.4, -0.2) is 72.2 Å².